The monoisotopic (exact) mass is 334 g/mol. The summed E-state index contributed by atoms with van der Waals surface area (Å²) in [4.78, 5) is 34.8. The smallest absolute Gasteiger partial charge is 0.338 e. The number of esters is 1. The zero-order valence-corrected chi connectivity index (χ0v) is 13.9. The van der Waals surface area contributed by atoms with Crippen molar-refractivity contribution in [3.05, 3.63) is 39.4 Å². The first-order chi connectivity index (χ1) is 11.4. The van der Waals surface area contributed by atoms with Gasteiger partial charge in [-0.3, -0.25) is 14.9 Å². The molecule has 0 heterocycles. The van der Waals surface area contributed by atoms with Crippen LogP contribution in [0.25, 0.3) is 0 Å². The highest BCUT2D eigenvalue weighted by atomic mass is 16.6. The van der Waals surface area contributed by atoms with Crippen molar-refractivity contribution in [1.29, 1.82) is 0 Å². The van der Waals surface area contributed by atoms with E-state index in [0.717, 1.165) is 31.7 Å². The van der Waals surface area contributed by atoms with Crippen molar-refractivity contribution in [2.45, 2.75) is 45.6 Å². The molecule has 130 valence electrons. The zero-order valence-electron chi connectivity index (χ0n) is 13.9. The minimum atomic E-state index is -0.679. The van der Waals surface area contributed by atoms with Crippen LogP contribution in [0.2, 0.25) is 0 Å². The third kappa shape index (κ3) is 4.31. The number of benzene rings is 1. The summed E-state index contributed by atoms with van der Waals surface area (Å²) in [6, 6.07) is 3.70. The fraction of sp³-hybridized carbons (Fsp3) is 0.529. The Morgan fingerprint density at radius 2 is 1.92 bits per heavy atom. The second kappa shape index (κ2) is 7.90. The quantitative estimate of drug-likeness (QED) is 0.507. The molecule has 0 aromatic heterocycles. The Morgan fingerprint density at radius 1 is 1.25 bits per heavy atom. The van der Waals surface area contributed by atoms with Gasteiger partial charge in [0.15, 0.2) is 0 Å². The molecule has 0 unspecified atom stereocenters. The molecule has 1 N–H and O–H groups in total. The Bertz CT molecular complexity index is 644. The van der Waals surface area contributed by atoms with E-state index in [-0.39, 0.29) is 29.5 Å². The number of nitro benzene ring substituents is 1. The highest BCUT2D eigenvalue weighted by molar-refractivity contribution is 5.99. The number of hydrogen-bond donors (Lipinski definition) is 1. The van der Waals surface area contributed by atoms with Gasteiger partial charge in [0.25, 0.3) is 11.6 Å². The largest absolute Gasteiger partial charge is 0.462 e. The summed E-state index contributed by atoms with van der Waals surface area (Å²) in [6.45, 7) is 3.89. The van der Waals surface area contributed by atoms with Gasteiger partial charge >= 0.3 is 5.97 Å². The molecule has 2 atom stereocenters. The van der Waals surface area contributed by atoms with Gasteiger partial charge in [0.1, 0.15) is 0 Å². The second-order valence-electron chi connectivity index (χ2n) is 6.09. The number of nitrogens with one attached hydrogen (secondary N) is 1. The van der Waals surface area contributed by atoms with Crippen molar-refractivity contribution < 1.29 is 19.2 Å². The van der Waals surface area contributed by atoms with E-state index in [1.807, 2.05) is 0 Å². The molecule has 1 fully saturated rings. The Kier molecular flexibility index (Phi) is 5.89. The number of non-ortho nitro benzene ring substituents is 1. The molecule has 2 rings (SSSR count). The fourth-order valence-electron chi connectivity index (χ4n) is 2.96. The maximum Gasteiger partial charge on any atom is 0.338 e. The van der Waals surface area contributed by atoms with Crippen molar-refractivity contribution >= 4 is 17.6 Å². The first-order valence-corrected chi connectivity index (χ1v) is 8.19. The summed E-state index contributed by atoms with van der Waals surface area (Å²) in [5, 5.41) is 14.0. The molecule has 1 aromatic rings. The molecule has 7 heteroatoms. The Labute approximate surface area is 140 Å². The lowest BCUT2D eigenvalue weighted by Gasteiger charge is -2.29. The highest BCUT2D eigenvalue weighted by Crippen LogP contribution is 2.25. The molecule has 0 radical (unpaired) electrons. The summed E-state index contributed by atoms with van der Waals surface area (Å²) in [6.07, 6.45) is 4.15. The average Bonchev–Trinajstić information content (AvgIpc) is 2.56. The lowest BCUT2D eigenvalue weighted by molar-refractivity contribution is -0.384. The van der Waals surface area contributed by atoms with Crippen LogP contribution < -0.4 is 5.32 Å². The fourth-order valence-corrected chi connectivity index (χ4v) is 2.96. The van der Waals surface area contributed by atoms with Gasteiger partial charge in [0.2, 0.25) is 0 Å². The van der Waals surface area contributed by atoms with Crippen LogP contribution in [0.5, 0.6) is 0 Å². The lowest BCUT2D eigenvalue weighted by atomic mass is 9.86. The summed E-state index contributed by atoms with van der Waals surface area (Å²) < 4.78 is 4.87. The Balaban J connectivity index is 2.25. The molecule has 1 aromatic carbocycles. The number of carbonyl (C=O) groups excluding carboxylic acids is 2. The Hall–Kier alpha value is -2.44. The molecule has 0 saturated heterocycles. The van der Waals surface area contributed by atoms with Gasteiger partial charge in [-0.25, -0.2) is 4.79 Å². The minimum Gasteiger partial charge on any atom is -0.462 e. The maximum atomic E-state index is 12.5. The van der Waals surface area contributed by atoms with Crippen molar-refractivity contribution in [3.63, 3.8) is 0 Å². The maximum absolute atomic E-state index is 12.5. The van der Waals surface area contributed by atoms with Crippen LogP contribution in [0.15, 0.2) is 18.2 Å². The summed E-state index contributed by atoms with van der Waals surface area (Å²) in [5.74, 6) is -0.713. The predicted octanol–water partition coefficient (Wildman–Crippen LogP) is 3.08. The van der Waals surface area contributed by atoms with E-state index in [9.17, 15) is 19.7 Å². The zero-order chi connectivity index (χ0) is 17.7. The molecule has 1 aliphatic rings. The molecular formula is C17H22N2O5. The van der Waals surface area contributed by atoms with E-state index < -0.39 is 16.8 Å². The number of ether oxygens (including phenoxy) is 1. The van der Waals surface area contributed by atoms with Crippen LogP contribution in [-0.4, -0.2) is 29.4 Å². The van der Waals surface area contributed by atoms with Gasteiger partial charge in [-0.1, -0.05) is 19.8 Å². The van der Waals surface area contributed by atoms with E-state index in [1.165, 1.54) is 12.1 Å². The Morgan fingerprint density at radius 3 is 2.54 bits per heavy atom. The molecule has 0 spiro atoms. The van der Waals surface area contributed by atoms with Crippen molar-refractivity contribution in [2.24, 2.45) is 5.92 Å². The standard InChI is InChI=1S/C17H22N2O5/c1-3-24-17(21)13-8-12(9-14(10-13)19(22)23)16(20)18-15-7-5-4-6-11(15)2/h8-11,15H,3-7H2,1-2H3,(H,18,20)/t11-,15+/m1/s1. The lowest BCUT2D eigenvalue weighted by Crippen LogP contribution is -2.41. The molecule has 1 saturated carbocycles. The second-order valence-corrected chi connectivity index (χ2v) is 6.09. The van der Waals surface area contributed by atoms with Gasteiger partial charge in [-0.2, -0.15) is 0 Å². The predicted molar refractivity (Wildman–Crippen MR) is 87.9 cm³/mol. The highest BCUT2D eigenvalue weighted by Gasteiger charge is 2.25. The molecule has 7 nitrogen and oxygen atoms in total. The van der Waals surface area contributed by atoms with E-state index in [1.54, 1.807) is 6.92 Å². The molecule has 24 heavy (non-hydrogen) atoms. The number of carbonyl (C=O) groups is 2. The molecule has 0 bridgehead atoms. The number of rotatable bonds is 5. The topological polar surface area (TPSA) is 98.5 Å². The number of nitrogens with zero attached hydrogens (tertiary/aromatic N) is 1. The molecule has 1 aliphatic carbocycles. The number of amides is 1. The molecule has 1 amide bonds. The SMILES string of the molecule is CCOC(=O)c1cc(C(=O)N[C@H]2CCCC[C@H]2C)cc([N+](=O)[O-])c1. The van der Waals surface area contributed by atoms with Crippen LogP contribution in [0.3, 0.4) is 0 Å². The van der Waals surface area contributed by atoms with Crippen LogP contribution in [-0.2, 0) is 4.74 Å². The van der Waals surface area contributed by atoms with Crippen LogP contribution in [0.4, 0.5) is 5.69 Å². The summed E-state index contributed by atoms with van der Waals surface area (Å²) in [7, 11) is 0. The van der Waals surface area contributed by atoms with E-state index in [0.29, 0.717) is 5.92 Å². The number of nitro groups is 1. The molecule has 0 aliphatic heterocycles. The van der Waals surface area contributed by atoms with Crippen LogP contribution in [0, 0.1) is 16.0 Å². The summed E-state index contributed by atoms with van der Waals surface area (Å²) >= 11 is 0. The number of hydrogen-bond acceptors (Lipinski definition) is 5. The summed E-state index contributed by atoms with van der Waals surface area (Å²) in [5.41, 5.74) is -0.194. The van der Waals surface area contributed by atoms with Crippen LogP contribution >= 0.6 is 0 Å². The van der Waals surface area contributed by atoms with Gasteiger partial charge in [0, 0.05) is 23.7 Å². The van der Waals surface area contributed by atoms with Crippen molar-refractivity contribution in [1.82, 2.24) is 5.32 Å². The average molecular weight is 334 g/mol. The van der Waals surface area contributed by atoms with Crippen molar-refractivity contribution in [2.75, 3.05) is 6.61 Å². The van der Waals surface area contributed by atoms with Crippen LogP contribution in [0.1, 0.15) is 60.2 Å². The first-order valence-electron chi connectivity index (χ1n) is 8.19. The van der Waals surface area contributed by atoms with Gasteiger partial charge in [0.05, 0.1) is 17.1 Å². The normalized spacial score (nSPS) is 20.2. The van der Waals surface area contributed by atoms with Gasteiger partial charge < -0.3 is 10.1 Å². The van der Waals surface area contributed by atoms with Crippen molar-refractivity contribution in [3.8, 4) is 0 Å². The molecular weight excluding hydrogens is 312 g/mol. The first kappa shape index (κ1) is 17.9. The van der Waals surface area contributed by atoms with E-state index in [4.69, 9.17) is 4.74 Å². The van der Waals surface area contributed by atoms with Gasteiger partial charge in [-0.15, -0.1) is 0 Å². The van der Waals surface area contributed by atoms with E-state index in [2.05, 4.69) is 12.2 Å². The minimum absolute atomic E-state index is 0.00731. The third-order valence-corrected chi connectivity index (χ3v) is 4.33. The van der Waals surface area contributed by atoms with Gasteiger partial charge in [-0.05, 0) is 31.7 Å². The third-order valence-electron chi connectivity index (χ3n) is 4.33. The van der Waals surface area contributed by atoms with E-state index >= 15 is 0 Å².